The second-order valence-electron chi connectivity index (χ2n) is 6.02. The summed E-state index contributed by atoms with van der Waals surface area (Å²) in [6, 6.07) is 17.6. The number of nitrogens with zero attached hydrogens (tertiary/aromatic N) is 2. The summed E-state index contributed by atoms with van der Waals surface area (Å²) in [4.78, 5) is 16.5. The highest BCUT2D eigenvalue weighted by molar-refractivity contribution is 5.76. The molecule has 0 bridgehead atoms. The molecule has 0 saturated carbocycles. The van der Waals surface area contributed by atoms with Gasteiger partial charge in [0.05, 0.1) is 6.04 Å². The molecule has 0 spiro atoms. The summed E-state index contributed by atoms with van der Waals surface area (Å²) in [6.07, 6.45) is 0.735. The lowest BCUT2D eigenvalue weighted by atomic mass is 10.0. The van der Waals surface area contributed by atoms with E-state index in [9.17, 15) is 4.79 Å². The van der Waals surface area contributed by atoms with Gasteiger partial charge in [-0.3, -0.25) is 4.79 Å². The molecule has 25 heavy (non-hydrogen) atoms. The summed E-state index contributed by atoms with van der Waals surface area (Å²) in [5, 5.41) is 6.98. The van der Waals surface area contributed by atoms with E-state index >= 15 is 0 Å². The minimum Gasteiger partial charge on any atom is -0.350 e. The standard InChI is InChI=1S/C20H21N3O2/c1-14-8-6-7-11-17(14)15(2)21-18(24)12-13-19-22-20(23-25-19)16-9-4-3-5-10-16/h3-11,15H,12-13H2,1-2H3,(H,21,24). The topological polar surface area (TPSA) is 68.0 Å². The van der Waals surface area contributed by atoms with Crippen molar-refractivity contribution in [1.29, 1.82) is 0 Å². The first-order chi connectivity index (χ1) is 12.1. The molecule has 128 valence electrons. The zero-order valence-electron chi connectivity index (χ0n) is 14.4. The maximum atomic E-state index is 12.2. The number of carbonyl (C=O) groups excluding carboxylic acids is 1. The van der Waals surface area contributed by atoms with Crippen LogP contribution < -0.4 is 5.32 Å². The number of nitrogens with one attached hydrogen (secondary N) is 1. The third-order valence-corrected chi connectivity index (χ3v) is 4.10. The van der Waals surface area contributed by atoms with Crippen molar-refractivity contribution < 1.29 is 9.32 Å². The number of hydrogen-bond donors (Lipinski definition) is 1. The van der Waals surface area contributed by atoms with Crippen LogP contribution in [0.2, 0.25) is 0 Å². The second kappa shape index (κ2) is 7.75. The fourth-order valence-corrected chi connectivity index (χ4v) is 2.75. The smallest absolute Gasteiger partial charge is 0.227 e. The first kappa shape index (κ1) is 16.9. The van der Waals surface area contributed by atoms with Crippen molar-refractivity contribution in [2.75, 3.05) is 0 Å². The van der Waals surface area contributed by atoms with Crippen molar-refractivity contribution in [2.24, 2.45) is 0 Å². The van der Waals surface area contributed by atoms with Crippen LogP contribution in [0, 0.1) is 6.92 Å². The lowest BCUT2D eigenvalue weighted by molar-refractivity contribution is -0.121. The van der Waals surface area contributed by atoms with Crippen LogP contribution in [0.15, 0.2) is 59.1 Å². The van der Waals surface area contributed by atoms with E-state index in [1.165, 1.54) is 5.56 Å². The molecular formula is C20H21N3O2. The Morgan fingerprint density at radius 2 is 1.84 bits per heavy atom. The van der Waals surface area contributed by atoms with Gasteiger partial charge < -0.3 is 9.84 Å². The summed E-state index contributed by atoms with van der Waals surface area (Å²) < 4.78 is 5.24. The predicted octanol–water partition coefficient (Wildman–Crippen LogP) is 3.86. The summed E-state index contributed by atoms with van der Waals surface area (Å²) in [5.74, 6) is 0.983. The van der Waals surface area contributed by atoms with E-state index in [4.69, 9.17) is 4.52 Å². The molecule has 2 aromatic carbocycles. The van der Waals surface area contributed by atoms with Crippen molar-refractivity contribution in [1.82, 2.24) is 15.5 Å². The Bertz CT molecular complexity index is 843. The molecule has 0 aliphatic carbocycles. The van der Waals surface area contributed by atoms with Gasteiger partial charge >= 0.3 is 0 Å². The van der Waals surface area contributed by atoms with Crippen molar-refractivity contribution in [3.05, 3.63) is 71.6 Å². The molecule has 5 nitrogen and oxygen atoms in total. The van der Waals surface area contributed by atoms with Crippen molar-refractivity contribution in [3.8, 4) is 11.4 Å². The van der Waals surface area contributed by atoms with Crippen LogP contribution in [0.25, 0.3) is 11.4 Å². The number of hydrogen-bond acceptors (Lipinski definition) is 4. The van der Waals surface area contributed by atoms with Crippen molar-refractivity contribution >= 4 is 5.91 Å². The fourth-order valence-electron chi connectivity index (χ4n) is 2.75. The molecule has 0 saturated heterocycles. The number of benzene rings is 2. The Hall–Kier alpha value is -2.95. The van der Waals surface area contributed by atoms with Gasteiger partial charge in [0.2, 0.25) is 17.6 Å². The van der Waals surface area contributed by atoms with Gasteiger partial charge in [0.1, 0.15) is 0 Å². The summed E-state index contributed by atoms with van der Waals surface area (Å²) >= 11 is 0. The van der Waals surface area contributed by atoms with E-state index in [-0.39, 0.29) is 11.9 Å². The first-order valence-electron chi connectivity index (χ1n) is 8.36. The van der Waals surface area contributed by atoms with E-state index in [1.54, 1.807) is 0 Å². The highest BCUT2D eigenvalue weighted by atomic mass is 16.5. The van der Waals surface area contributed by atoms with Gasteiger partial charge in [0.25, 0.3) is 0 Å². The third kappa shape index (κ3) is 4.32. The Kier molecular flexibility index (Phi) is 5.23. The normalized spacial score (nSPS) is 11.9. The molecule has 1 unspecified atom stereocenters. The molecule has 1 atom stereocenters. The van der Waals surface area contributed by atoms with Gasteiger partial charge in [0, 0.05) is 18.4 Å². The number of amides is 1. The first-order valence-corrected chi connectivity index (χ1v) is 8.36. The fraction of sp³-hybridized carbons (Fsp3) is 0.250. The molecule has 0 aliphatic rings. The average molecular weight is 335 g/mol. The van der Waals surface area contributed by atoms with Crippen LogP contribution in [0.1, 0.15) is 36.4 Å². The van der Waals surface area contributed by atoms with Gasteiger partial charge in [0.15, 0.2) is 0 Å². The highest BCUT2D eigenvalue weighted by Crippen LogP contribution is 2.17. The highest BCUT2D eigenvalue weighted by Gasteiger charge is 2.13. The molecule has 0 aliphatic heterocycles. The summed E-state index contributed by atoms with van der Waals surface area (Å²) in [7, 11) is 0. The number of aryl methyl sites for hydroxylation is 2. The lowest BCUT2D eigenvalue weighted by Crippen LogP contribution is -2.27. The molecule has 3 rings (SSSR count). The molecular weight excluding hydrogens is 314 g/mol. The molecule has 3 aromatic rings. The van der Waals surface area contributed by atoms with Gasteiger partial charge in [-0.1, -0.05) is 59.8 Å². The molecule has 1 amide bonds. The van der Waals surface area contributed by atoms with Crippen molar-refractivity contribution in [3.63, 3.8) is 0 Å². The maximum Gasteiger partial charge on any atom is 0.227 e. The van der Waals surface area contributed by atoms with Crippen LogP contribution in [0.5, 0.6) is 0 Å². The van der Waals surface area contributed by atoms with E-state index in [1.807, 2.05) is 68.4 Å². The quantitative estimate of drug-likeness (QED) is 0.743. The summed E-state index contributed by atoms with van der Waals surface area (Å²) in [5.41, 5.74) is 3.19. The molecule has 0 radical (unpaired) electrons. The molecule has 0 fully saturated rings. The van der Waals surface area contributed by atoms with Crippen LogP contribution in [0.4, 0.5) is 0 Å². The van der Waals surface area contributed by atoms with Crippen LogP contribution in [-0.2, 0) is 11.2 Å². The number of carbonyl (C=O) groups is 1. The van der Waals surface area contributed by atoms with Gasteiger partial charge in [-0.2, -0.15) is 4.98 Å². The van der Waals surface area contributed by atoms with Crippen molar-refractivity contribution in [2.45, 2.75) is 32.7 Å². The molecule has 5 heteroatoms. The average Bonchev–Trinajstić information content (AvgIpc) is 3.10. The maximum absolute atomic E-state index is 12.2. The lowest BCUT2D eigenvalue weighted by Gasteiger charge is -2.16. The van der Waals surface area contributed by atoms with Gasteiger partial charge in [-0.05, 0) is 25.0 Å². The second-order valence-corrected chi connectivity index (χ2v) is 6.02. The number of aromatic nitrogens is 2. The zero-order valence-corrected chi connectivity index (χ0v) is 14.4. The Balaban J connectivity index is 1.54. The van der Waals surface area contributed by atoms with E-state index in [0.29, 0.717) is 24.6 Å². The molecule has 1 N–H and O–H groups in total. The molecule has 1 aromatic heterocycles. The van der Waals surface area contributed by atoms with E-state index in [0.717, 1.165) is 11.1 Å². The minimum atomic E-state index is -0.0322. The van der Waals surface area contributed by atoms with Crippen LogP contribution in [0.3, 0.4) is 0 Å². The Morgan fingerprint density at radius 1 is 1.12 bits per heavy atom. The van der Waals surface area contributed by atoms with Gasteiger partial charge in [-0.25, -0.2) is 0 Å². The van der Waals surface area contributed by atoms with E-state index in [2.05, 4.69) is 15.5 Å². The van der Waals surface area contributed by atoms with Gasteiger partial charge in [-0.15, -0.1) is 0 Å². The van der Waals surface area contributed by atoms with E-state index < -0.39 is 0 Å². The van der Waals surface area contributed by atoms with Crippen LogP contribution >= 0.6 is 0 Å². The SMILES string of the molecule is Cc1ccccc1C(C)NC(=O)CCc1nc(-c2ccccc2)no1. The summed E-state index contributed by atoms with van der Waals surface area (Å²) in [6.45, 7) is 4.03. The predicted molar refractivity (Wildman–Crippen MR) is 95.8 cm³/mol. The monoisotopic (exact) mass is 335 g/mol. The Morgan fingerprint density at radius 3 is 2.60 bits per heavy atom. The molecule has 1 heterocycles. The minimum absolute atomic E-state index is 0.0312. The third-order valence-electron chi connectivity index (χ3n) is 4.10. The zero-order chi connectivity index (χ0) is 17.6. The Labute approximate surface area is 147 Å². The van der Waals surface area contributed by atoms with Crippen LogP contribution in [-0.4, -0.2) is 16.0 Å². The number of rotatable bonds is 6. The largest absolute Gasteiger partial charge is 0.350 e.